The van der Waals surface area contributed by atoms with Gasteiger partial charge in [0.25, 0.3) is 0 Å². The number of hydrogen-bond acceptors (Lipinski definition) is 5. The second kappa shape index (κ2) is 8.47. The Kier molecular flexibility index (Phi) is 6.33. The number of carbonyl (C=O) groups is 1. The van der Waals surface area contributed by atoms with E-state index in [1.54, 1.807) is 0 Å². The first kappa shape index (κ1) is 19.4. The zero-order valence-electron chi connectivity index (χ0n) is 15.2. The van der Waals surface area contributed by atoms with Crippen molar-refractivity contribution in [3.05, 3.63) is 48.0 Å². The summed E-state index contributed by atoms with van der Waals surface area (Å²) < 4.78 is 17.1. The van der Waals surface area contributed by atoms with Crippen LogP contribution in [0.2, 0.25) is 0 Å². The molecule has 0 aromatic heterocycles. The SMILES string of the molecule is CC(C)(C)Oc1ccccc1OCCCOc1ccc(O)c(C(=O)O)c1. The first-order valence-corrected chi connectivity index (χ1v) is 8.36. The first-order chi connectivity index (χ1) is 12.3. The molecule has 0 spiro atoms. The van der Waals surface area contributed by atoms with Gasteiger partial charge < -0.3 is 24.4 Å². The average molecular weight is 360 g/mol. The summed E-state index contributed by atoms with van der Waals surface area (Å²) in [4.78, 5) is 11.0. The first-order valence-electron chi connectivity index (χ1n) is 8.36. The highest BCUT2D eigenvalue weighted by Crippen LogP contribution is 2.30. The van der Waals surface area contributed by atoms with E-state index in [1.807, 2.05) is 45.0 Å². The number of carboxylic acid groups (broad SMARTS) is 1. The Morgan fingerprint density at radius 1 is 1.00 bits per heavy atom. The molecule has 2 N–H and O–H groups in total. The van der Waals surface area contributed by atoms with Crippen LogP contribution in [0.5, 0.6) is 23.0 Å². The molecule has 0 aliphatic heterocycles. The molecular formula is C20H24O6. The standard InChI is InChI=1S/C20H24O6/c1-20(2,3)26-18-8-5-4-7-17(18)25-12-6-11-24-14-9-10-16(21)15(13-14)19(22)23/h4-5,7-10,13,21H,6,11-12H2,1-3H3,(H,22,23). The quantitative estimate of drug-likeness (QED) is 0.689. The van der Waals surface area contributed by atoms with Gasteiger partial charge in [-0.05, 0) is 51.1 Å². The molecule has 6 nitrogen and oxygen atoms in total. The molecule has 0 radical (unpaired) electrons. The van der Waals surface area contributed by atoms with Gasteiger partial charge in [-0.25, -0.2) is 4.79 Å². The number of aromatic carboxylic acids is 1. The van der Waals surface area contributed by atoms with Crippen molar-refractivity contribution in [2.24, 2.45) is 0 Å². The number of rotatable bonds is 8. The Bertz CT molecular complexity index is 748. The number of aromatic hydroxyl groups is 1. The molecule has 0 saturated carbocycles. The van der Waals surface area contributed by atoms with Crippen molar-refractivity contribution < 1.29 is 29.2 Å². The van der Waals surface area contributed by atoms with E-state index in [1.165, 1.54) is 18.2 Å². The molecule has 26 heavy (non-hydrogen) atoms. The van der Waals surface area contributed by atoms with Crippen molar-refractivity contribution >= 4 is 5.97 Å². The zero-order chi connectivity index (χ0) is 19.2. The third kappa shape index (κ3) is 5.88. The summed E-state index contributed by atoms with van der Waals surface area (Å²) in [5.74, 6) is 0.248. The van der Waals surface area contributed by atoms with E-state index in [0.717, 1.165) is 0 Å². The third-order valence-corrected chi connectivity index (χ3v) is 3.28. The van der Waals surface area contributed by atoms with Crippen molar-refractivity contribution in [1.29, 1.82) is 0 Å². The molecule has 0 saturated heterocycles. The second-order valence-electron chi connectivity index (χ2n) is 6.70. The molecule has 0 aliphatic rings. The Morgan fingerprint density at radius 3 is 2.31 bits per heavy atom. The summed E-state index contributed by atoms with van der Waals surface area (Å²) in [6.45, 7) is 6.70. The van der Waals surface area contributed by atoms with Crippen molar-refractivity contribution in [2.45, 2.75) is 32.8 Å². The van der Waals surface area contributed by atoms with Crippen molar-refractivity contribution in [2.75, 3.05) is 13.2 Å². The topological polar surface area (TPSA) is 85.2 Å². The van der Waals surface area contributed by atoms with E-state index < -0.39 is 5.97 Å². The smallest absolute Gasteiger partial charge is 0.339 e. The van der Waals surface area contributed by atoms with Crippen LogP contribution in [0.1, 0.15) is 37.6 Å². The van der Waals surface area contributed by atoms with Crippen LogP contribution in [0, 0.1) is 0 Å². The molecule has 6 heteroatoms. The van der Waals surface area contributed by atoms with E-state index in [-0.39, 0.29) is 16.9 Å². The summed E-state index contributed by atoms with van der Waals surface area (Å²) in [6.07, 6.45) is 0.604. The molecule has 2 rings (SSSR count). The number of ether oxygens (including phenoxy) is 3. The Balaban J connectivity index is 1.83. The van der Waals surface area contributed by atoms with Crippen LogP contribution in [-0.2, 0) is 0 Å². The van der Waals surface area contributed by atoms with Crippen molar-refractivity contribution in [3.8, 4) is 23.0 Å². The monoisotopic (exact) mass is 360 g/mol. The molecule has 0 fully saturated rings. The lowest BCUT2D eigenvalue weighted by molar-refractivity contribution is 0.0693. The van der Waals surface area contributed by atoms with Crippen LogP contribution in [0.3, 0.4) is 0 Å². The molecule has 2 aromatic carbocycles. The highest BCUT2D eigenvalue weighted by molar-refractivity contribution is 5.91. The zero-order valence-corrected chi connectivity index (χ0v) is 15.2. The van der Waals surface area contributed by atoms with E-state index in [0.29, 0.717) is 36.9 Å². The van der Waals surface area contributed by atoms with Crippen molar-refractivity contribution in [1.82, 2.24) is 0 Å². The van der Waals surface area contributed by atoms with Gasteiger partial charge in [0.1, 0.15) is 22.7 Å². The lowest BCUT2D eigenvalue weighted by atomic mass is 10.2. The van der Waals surface area contributed by atoms with Gasteiger partial charge in [0.05, 0.1) is 13.2 Å². The van der Waals surface area contributed by atoms with Gasteiger partial charge >= 0.3 is 5.97 Å². The Hall–Kier alpha value is -2.89. The van der Waals surface area contributed by atoms with Crippen molar-refractivity contribution in [3.63, 3.8) is 0 Å². The fourth-order valence-electron chi connectivity index (χ4n) is 2.19. The predicted octanol–water partition coefficient (Wildman–Crippen LogP) is 4.12. The molecule has 140 valence electrons. The molecule has 0 bridgehead atoms. The van der Waals surface area contributed by atoms with Gasteiger partial charge in [0.2, 0.25) is 0 Å². The Morgan fingerprint density at radius 2 is 1.65 bits per heavy atom. The van der Waals surface area contributed by atoms with Gasteiger partial charge in [-0.3, -0.25) is 0 Å². The number of benzene rings is 2. The highest BCUT2D eigenvalue weighted by atomic mass is 16.5. The van der Waals surface area contributed by atoms with E-state index >= 15 is 0 Å². The number of phenols is 1. The average Bonchev–Trinajstić information content (AvgIpc) is 2.55. The maximum absolute atomic E-state index is 11.0. The molecule has 0 heterocycles. The summed E-state index contributed by atoms with van der Waals surface area (Å²) in [5.41, 5.74) is -0.504. The van der Waals surface area contributed by atoms with Crippen LogP contribution in [0.4, 0.5) is 0 Å². The number of para-hydroxylation sites is 2. The minimum absolute atomic E-state index is 0.188. The minimum atomic E-state index is -1.20. The fourth-order valence-corrected chi connectivity index (χ4v) is 2.19. The fraction of sp³-hybridized carbons (Fsp3) is 0.350. The summed E-state index contributed by atoms with van der Waals surface area (Å²) in [5, 5.41) is 18.5. The predicted molar refractivity (Wildman–Crippen MR) is 97.5 cm³/mol. The molecule has 0 amide bonds. The second-order valence-corrected chi connectivity index (χ2v) is 6.70. The van der Waals surface area contributed by atoms with Crippen LogP contribution in [0.15, 0.2) is 42.5 Å². The van der Waals surface area contributed by atoms with E-state index in [2.05, 4.69) is 0 Å². The van der Waals surface area contributed by atoms with Gasteiger partial charge in [-0.2, -0.15) is 0 Å². The minimum Gasteiger partial charge on any atom is -0.507 e. The maximum Gasteiger partial charge on any atom is 0.339 e. The molecular weight excluding hydrogens is 336 g/mol. The number of hydrogen-bond donors (Lipinski definition) is 2. The van der Waals surface area contributed by atoms with E-state index in [4.69, 9.17) is 19.3 Å². The van der Waals surface area contributed by atoms with Gasteiger partial charge in [-0.1, -0.05) is 12.1 Å². The maximum atomic E-state index is 11.0. The summed E-state index contributed by atoms with van der Waals surface area (Å²) in [7, 11) is 0. The highest BCUT2D eigenvalue weighted by Gasteiger charge is 2.15. The van der Waals surface area contributed by atoms with Crippen LogP contribution >= 0.6 is 0 Å². The summed E-state index contributed by atoms with van der Waals surface area (Å²) >= 11 is 0. The Labute approximate surface area is 152 Å². The summed E-state index contributed by atoms with van der Waals surface area (Å²) in [6, 6.07) is 11.6. The van der Waals surface area contributed by atoms with Gasteiger partial charge in [0.15, 0.2) is 11.5 Å². The third-order valence-electron chi connectivity index (χ3n) is 3.28. The lowest BCUT2D eigenvalue weighted by Crippen LogP contribution is -2.23. The van der Waals surface area contributed by atoms with Crippen LogP contribution in [0.25, 0.3) is 0 Å². The van der Waals surface area contributed by atoms with Gasteiger partial charge in [0, 0.05) is 6.42 Å². The largest absolute Gasteiger partial charge is 0.507 e. The van der Waals surface area contributed by atoms with Gasteiger partial charge in [-0.15, -0.1) is 0 Å². The molecule has 0 atom stereocenters. The van der Waals surface area contributed by atoms with Crippen LogP contribution < -0.4 is 14.2 Å². The normalized spacial score (nSPS) is 11.0. The van der Waals surface area contributed by atoms with Crippen LogP contribution in [-0.4, -0.2) is 35.0 Å². The molecule has 0 unspecified atom stereocenters. The van der Waals surface area contributed by atoms with E-state index in [9.17, 15) is 9.90 Å². The number of carboxylic acids is 1. The molecule has 2 aromatic rings. The lowest BCUT2D eigenvalue weighted by Gasteiger charge is -2.23. The molecule has 0 aliphatic carbocycles.